The molecule has 1 aromatic carbocycles. The van der Waals surface area contributed by atoms with Crippen molar-refractivity contribution >= 4 is 27.3 Å². The van der Waals surface area contributed by atoms with Crippen molar-refractivity contribution in [2.75, 3.05) is 6.54 Å². The lowest BCUT2D eigenvalue weighted by atomic mass is 10.2. The Labute approximate surface area is 126 Å². The summed E-state index contributed by atoms with van der Waals surface area (Å²) < 4.78 is 6.86. The summed E-state index contributed by atoms with van der Waals surface area (Å²) >= 11 is 5.33. The molecule has 1 aromatic heterocycles. The molecule has 1 N–H and O–H groups in total. The van der Waals surface area contributed by atoms with Gasteiger partial charge in [0.05, 0.1) is 4.47 Å². The Hall–Kier alpha value is -0.840. The fourth-order valence-electron chi connectivity index (χ4n) is 1.78. The molecule has 1 heterocycles. The molecule has 0 fully saturated rings. The summed E-state index contributed by atoms with van der Waals surface area (Å²) in [5.41, 5.74) is 1.27. The number of para-hydroxylation sites is 1. The molecule has 0 atom stereocenters. The molecule has 102 valence electrons. The van der Waals surface area contributed by atoms with Crippen LogP contribution in [-0.4, -0.2) is 6.54 Å². The maximum atomic E-state index is 5.86. The Morgan fingerprint density at radius 2 is 2.11 bits per heavy atom. The van der Waals surface area contributed by atoms with Crippen LogP contribution >= 0.6 is 27.3 Å². The third-order valence-corrected chi connectivity index (χ3v) is 4.59. The lowest BCUT2D eigenvalue weighted by Gasteiger charge is -2.07. The van der Waals surface area contributed by atoms with Gasteiger partial charge in [-0.3, -0.25) is 0 Å². The van der Waals surface area contributed by atoms with Crippen molar-refractivity contribution in [2.24, 2.45) is 0 Å². The number of rotatable bonds is 6. The van der Waals surface area contributed by atoms with Crippen molar-refractivity contribution in [3.63, 3.8) is 0 Å². The number of hydrogen-bond donors (Lipinski definition) is 1. The molecule has 2 rings (SSSR count). The van der Waals surface area contributed by atoms with Crippen molar-refractivity contribution in [3.05, 3.63) is 50.1 Å². The molecule has 0 spiro atoms. The lowest BCUT2D eigenvalue weighted by Crippen LogP contribution is -2.10. The smallest absolute Gasteiger partial charge is 0.133 e. The summed E-state index contributed by atoms with van der Waals surface area (Å²) in [6.45, 7) is 6.84. The van der Waals surface area contributed by atoms with E-state index in [9.17, 15) is 0 Å². The number of benzene rings is 1. The predicted octanol–water partition coefficient (Wildman–Crippen LogP) is 4.51. The Bertz CT molecular complexity index is 539. The van der Waals surface area contributed by atoms with Crippen molar-refractivity contribution in [2.45, 2.75) is 27.0 Å². The number of ether oxygens (including phenoxy) is 1. The molecule has 0 aliphatic heterocycles. The maximum Gasteiger partial charge on any atom is 0.133 e. The maximum absolute atomic E-state index is 5.86. The third kappa shape index (κ3) is 4.06. The normalized spacial score (nSPS) is 10.7. The van der Waals surface area contributed by atoms with Crippen LogP contribution in [0.4, 0.5) is 0 Å². The van der Waals surface area contributed by atoms with Gasteiger partial charge in [-0.15, -0.1) is 11.3 Å². The van der Waals surface area contributed by atoms with Crippen LogP contribution in [0, 0.1) is 6.92 Å². The molecule has 0 unspecified atom stereocenters. The van der Waals surface area contributed by atoms with Crippen LogP contribution in [0.3, 0.4) is 0 Å². The SMILES string of the molecule is CCNCc1cc(COc2ccccc2Br)c(C)s1. The molecular weight excluding hydrogens is 322 g/mol. The van der Waals surface area contributed by atoms with Gasteiger partial charge in [-0.25, -0.2) is 0 Å². The van der Waals surface area contributed by atoms with Crippen LogP contribution in [0.15, 0.2) is 34.8 Å². The molecule has 0 amide bonds. The van der Waals surface area contributed by atoms with Gasteiger partial charge in [-0.2, -0.15) is 0 Å². The average Bonchev–Trinajstić information content (AvgIpc) is 2.76. The van der Waals surface area contributed by atoms with Gasteiger partial charge < -0.3 is 10.1 Å². The predicted molar refractivity (Wildman–Crippen MR) is 84.9 cm³/mol. The highest BCUT2D eigenvalue weighted by molar-refractivity contribution is 9.10. The number of hydrogen-bond acceptors (Lipinski definition) is 3. The second kappa shape index (κ2) is 7.08. The highest BCUT2D eigenvalue weighted by Gasteiger charge is 2.07. The summed E-state index contributed by atoms with van der Waals surface area (Å²) in [6, 6.07) is 10.2. The number of nitrogens with one attached hydrogen (secondary N) is 1. The zero-order valence-electron chi connectivity index (χ0n) is 11.2. The summed E-state index contributed by atoms with van der Waals surface area (Å²) in [7, 11) is 0. The first-order valence-electron chi connectivity index (χ1n) is 6.37. The molecule has 2 aromatic rings. The van der Waals surface area contributed by atoms with Crippen LogP contribution in [0.2, 0.25) is 0 Å². The number of halogens is 1. The Morgan fingerprint density at radius 3 is 2.84 bits per heavy atom. The van der Waals surface area contributed by atoms with Gasteiger partial charge in [-0.05, 0) is 47.6 Å². The van der Waals surface area contributed by atoms with Gasteiger partial charge in [0.15, 0.2) is 0 Å². The zero-order valence-corrected chi connectivity index (χ0v) is 13.6. The minimum absolute atomic E-state index is 0.622. The van der Waals surface area contributed by atoms with Gasteiger partial charge in [0.2, 0.25) is 0 Å². The van der Waals surface area contributed by atoms with E-state index in [-0.39, 0.29) is 0 Å². The molecule has 0 aliphatic carbocycles. The number of thiophene rings is 1. The van der Waals surface area contributed by atoms with Crippen molar-refractivity contribution in [3.8, 4) is 5.75 Å². The van der Waals surface area contributed by atoms with Crippen molar-refractivity contribution < 1.29 is 4.74 Å². The van der Waals surface area contributed by atoms with Gasteiger partial charge in [0.25, 0.3) is 0 Å². The van der Waals surface area contributed by atoms with Crippen LogP contribution in [0.5, 0.6) is 5.75 Å². The van der Waals surface area contributed by atoms with Crippen LogP contribution in [0.25, 0.3) is 0 Å². The minimum atomic E-state index is 0.622. The molecule has 0 saturated carbocycles. The fourth-order valence-corrected chi connectivity index (χ4v) is 3.20. The first-order valence-corrected chi connectivity index (χ1v) is 7.98. The van der Waals surface area contributed by atoms with Gasteiger partial charge in [0, 0.05) is 21.9 Å². The largest absolute Gasteiger partial charge is 0.488 e. The molecule has 0 bridgehead atoms. The van der Waals surface area contributed by atoms with Crippen LogP contribution < -0.4 is 10.1 Å². The second-order valence-corrected chi connectivity index (χ2v) is 6.49. The van der Waals surface area contributed by atoms with Gasteiger partial charge >= 0.3 is 0 Å². The van der Waals surface area contributed by atoms with E-state index in [1.54, 1.807) is 0 Å². The second-order valence-electron chi connectivity index (χ2n) is 4.29. The standard InChI is InChI=1S/C15H18BrNOS/c1-3-17-9-13-8-12(11(2)19-13)10-18-15-7-5-4-6-14(15)16/h4-8,17H,3,9-10H2,1-2H3. The van der Waals surface area contributed by atoms with E-state index >= 15 is 0 Å². The Balaban J connectivity index is 1.99. The molecule has 0 saturated heterocycles. The van der Waals surface area contributed by atoms with Crippen LogP contribution in [-0.2, 0) is 13.2 Å². The Kier molecular flexibility index (Phi) is 5.43. The summed E-state index contributed by atoms with van der Waals surface area (Å²) in [5, 5.41) is 3.35. The van der Waals surface area contributed by atoms with E-state index in [0.717, 1.165) is 23.3 Å². The first kappa shape index (κ1) is 14.6. The van der Waals surface area contributed by atoms with Crippen LogP contribution in [0.1, 0.15) is 22.2 Å². The Morgan fingerprint density at radius 1 is 1.32 bits per heavy atom. The molecule has 4 heteroatoms. The quantitative estimate of drug-likeness (QED) is 0.836. The van der Waals surface area contributed by atoms with E-state index in [0.29, 0.717) is 6.61 Å². The minimum Gasteiger partial charge on any atom is -0.488 e. The van der Waals surface area contributed by atoms with Crippen molar-refractivity contribution in [1.29, 1.82) is 0 Å². The highest BCUT2D eigenvalue weighted by atomic mass is 79.9. The van der Waals surface area contributed by atoms with Gasteiger partial charge in [-0.1, -0.05) is 19.1 Å². The topological polar surface area (TPSA) is 21.3 Å². The molecular formula is C15H18BrNOS. The summed E-state index contributed by atoms with van der Waals surface area (Å²) in [5.74, 6) is 0.890. The fraction of sp³-hybridized carbons (Fsp3) is 0.333. The van der Waals surface area contributed by atoms with Gasteiger partial charge in [0.1, 0.15) is 12.4 Å². The van der Waals surface area contributed by atoms with E-state index in [1.807, 2.05) is 35.6 Å². The molecule has 0 aliphatic rings. The van der Waals surface area contributed by atoms with E-state index in [2.05, 4.69) is 41.2 Å². The zero-order chi connectivity index (χ0) is 13.7. The summed E-state index contributed by atoms with van der Waals surface area (Å²) in [4.78, 5) is 2.70. The molecule has 2 nitrogen and oxygen atoms in total. The van der Waals surface area contributed by atoms with E-state index in [1.165, 1.54) is 15.3 Å². The lowest BCUT2D eigenvalue weighted by molar-refractivity contribution is 0.304. The van der Waals surface area contributed by atoms with E-state index in [4.69, 9.17) is 4.74 Å². The summed E-state index contributed by atoms with van der Waals surface area (Å²) in [6.07, 6.45) is 0. The van der Waals surface area contributed by atoms with E-state index < -0.39 is 0 Å². The third-order valence-electron chi connectivity index (χ3n) is 2.84. The molecule has 19 heavy (non-hydrogen) atoms. The molecule has 0 radical (unpaired) electrons. The van der Waals surface area contributed by atoms with Crippen molar-refractivity contribution in [1.82, 2.24) is 5.32 Å². The monoisotopic (exact) mass is 339 g/mol. The highest BCUT2D eigenvalue weighted by Crippen LogP contribution is 2.27. The average molecular weight is 340 g/mol. The number of aryl methyl sites for hydroxylation is 1. The first-order chi connectivity index (χ1) is 9.20.